The maximum absolute atomic E-state index is 2.54. The Hall–Kier alpha value is -1.44. The van der Waals surface area contributed by atoms with Crippen molar-refractivity contribution < 1.29 is 0 Å². The first kappa shape index (κ1) is 19.9. The minimum Gasteiger partial charge on any atom is -0.352 e. The van der Waals surface area contributed by atoms with E-state index in [0.717, 1.165) is 6.54 Å². The third-order valence-electron chi connectivity index (χ3n) is 5.22. The molecule has 1 atom stereocenters. The molecule has 0 saturated carbocycles. The lowest BCUT2D eigenvalue weighted by Gasteiger charge is -2.33. The molecule has 2 nitrogen and oxygen atoms in total. The van der Waals surface area contributed by atoms with Gasteiger partial charge in [-0.25, -0.2) is 0 Å². The Morgan fingerprint density at radius 2 is 1.16 bits per heavy atom. The van der Waals surface area contributed by atoms with Crippen LogP contribution in [0.25, 0.3) is 0 Å². The van der Waals surface area contributed by atoms with Gasteiger partial charge in [0.2, 0.25) is 0 Å². The highest BCUT2D eigenvalue weighted by atomic mass is 15.4. The van der Waals surface area contributed by atoms with Crippen molar-refractivity contribution in [1.82, 2.24) is 9.80 Å². The molecule has 0 radical (unpaired) electrons. The van der Waals surface area contributed by atoms with Gasteiger partial charge in [0.25, 0.3) is 0 Å². The van der Waals surface area contributed by atoms with Crippen molar-refractivity contribution in [2.75, 3.05) is 13.1 Å². The zero-order chi connectivity index (χ0) is 17.7. The number of nitrogens with zero attached hydrogens (tertiary/aromatic N) is 2. The first-order valence-electron chi connectivity index (χ1n) is 10.6. The predicted octanol–water partition coefficient (Wildman–Crippen LogP) is 6.71. The number of hydrogen-bond acceptors (Lipinski definition) is 2. The normalized spacial score (nSPS) is 16.8. The van der Waals surface area contributed by atoms with Crippen molar-refractivity contribution in [1.29, 1.82) is 0 Å². The van der Waals surface area contributed by atoms with Gasteiger partial charge in [-0.05, 0) is 18.4 Å². The lowest BCUT2D eigenvalue weighted by Crippen LogP contribution is -2.32. The molecule has 0 amide bonds. The molecule has 2 heteroatoms. The largest absolute Gasteiger partial charge is 0.352 e. The molecule has 25 heavy (non-hydrogen) atoms. The van der Waals surface area contributed by atoms with Crippen LogP contribution in [0.1, 0.15) is 89.8 Å². The SMILES string of the molecule is CCCCCCCCCCN1C=CN(CCCC)C1c1ccccc1. The average Bonchev–Trinajstić information content (AvgIpc) is 3.05. The van der Waals surface area contributed by atoms with E-state index in [1.807, 2.05) is 0 Å². The van der Waals surface area contributed by atoms with Gasteiger partial charge in [0.1, 0.15) is 6.17 Å². The maximum Gasteiger partial charge on any atom is 0.127 e. The monoisotopic (exact) mass is 342 g/mol. The van der Waals surface area contributed by atoms with Gasteiger partial charge in [-0.15, -0.1) is 0 Å². The summed E-state index contributed by atoms with van der Waals surface area (Å²) in [6, 6.07) is 11.0. The molecule has 0 fully saturated rings. The Balaban J connectivity index is 1.77. The van der Waals surface area contributed by atoms with Crippen LogP contribution in [0, 0.1) is 0 Å². The van der Waals surface area contributed by atoms with Crippen LogP contribution >= 0.6 is 0 Å². The Morgan fingerprint density at radius 3 is 1.76 bits per heavy atom. The summed E-state index contributed by atoms with van der Waals surface area (Å²) in [7, 11) is 0. The highest BCUT2D eigenvalue weighted by Gasteiger charge is 2.26. The molecule has 1 unspecified atom stereocenters. The zero-order valence-electron chi connectivity index (χ0n) is 16.5. The van der Waals surface area contributed by atoms with Crippen LogP contribution in [0.15, 0.2) is 42.7 Å². The Kier molecular flexibility index (Phi) is 9.54. The van der Waals surface area contributed by atoms with Crippen LogP contribution in [-0.4, -0.2) is 22.9 Å². The van der Waals surface area contributed by atoms with Crippen LogP contribution in [0.5, 0.6) is 0 Å². The van der Waals surface area contributed by atoms with Crippen molar-refractivity contribution in [2.45, 2.75) is 84.2 Å². The third-order valence-corrected chi connectivity index (χ3v) is 5.22. The fraction of sp³-hybridized carbons (Fsp3) is 0.652. The van der Waals surface area contributed by atoms with E-state index >= 15 is 0 Å². The van der Waals surface area contributed by atoms with Crippen LogP contribution in [-0.2, 0) is 0 Å². The van der Waals surface area contributed by atoms with Crippen molar-refractivity contribution in [3.63, 3.8) is 0 Å². The average molecular weight is 343 g/mol. The summed E-state index contributed by atoms with van der Waals surface area (Å²) in [4.78, 5) is 5.06. The second kappa shape index (κ2) is 12.0. The van der Waals surface area contributed by atoms with Gasteiger partial charge >= 0.3 is 0 Å². The molecule has 1 heterocycles. The first-order chi connectivity index (χ1) is 12.4. The molecule has 0 saturated heterocycles. The molecule has 1 aliphatic rings. The topological polar surface area (TPSA) is 6.48 Å². The molecule has 0 N–H and O–H groups in total. The molecule has 1 aromatic carbocycles. The van der Waals surface area contributed by atoms with Crippen molar-refractivity contribution in [3.8, 4) is 0 Å². The molecular formula is C23H38N2. The molecule has 0 aromatic heterocycles. The molecule has 0 aliphatic carbocycles. The van der Waals surface area contributed by atoms with Gasteiger partial charge in [-0.1, -0.05) is 95.5 Å². The van der Waals surface area contributed by atoms with Crippen LogP contribution in [0.2, 0.25) is 0 Å². The van der Waals surface area contributed by atoms with E-state index in [1.165, 1.54) is 76.3 Å². The summed E-state index contributed by atoms with van der Waals surface area (Å²) in [5.74, 6) is 0. The van der Waals surface area contributed by atoms with Gasteiger partial charge in [0.05, 0.1) is 0 Å². The van der Waals surface area contributed by atoms with E-state index in [4.69, 9.17) is 0 Å². The van der Waals surface area contributed by atoms with E-state index in [1.54, 1.807) is 0 Å². The smallest absolute Gasteiger partial charge is 0.127 e. The highest BCUT2D eigenvalue weighted by Crippen LogP contribution is 2.31. The Labute approximate surface area is 155 Å². The second-order valence-corrected chi connectivity index (χ2v) is 7.39. The summed E-state index contributed by atoms with van der Waals surface area (Å²) >= 11 is 0. The van der Waals surface area contributed by atoms with Gasteiger partial charge in [-0.2, -0.15) is 0 Å². The Bertz CT molecular complexity index is 468. The molecule has 1 aromatic rings. The molecule has 0 spiro atoms. The van der Waals surface area contributed by atoms with E-state index in [2.05, 4.69) is 66.4 Å². The van der Waals surface area contributed by atoms with Gasteiger partial charge < -0.3 is 9.80 Å². The number of rotatable bonds is 13. The first-order valence-corrected chi connectivity index (χ1v) is 10.6. The number of hydrogen-bond donors (Lipinski definition) is 0. The summed E-state index contributed by atoms with van der Waals surface area (Å²) < 4.78 is 0. The summed E-state index contributed by atoms with van der Waals surface area (Å²) in [5, 5.41) is 0. The summed E-state index contributed by atoms with van der Waals surface area (Å²) in [5.41, 5.74) is 1.42. The van der Waals surface area contributed by atoms with Crippen molar-refractivity contribution in [3.05, 3.63) is 48.3 Å². The fourth-order valence-corrected chi connectivity index (χ4v) is 3.70. The van der Waals surface area contributed by atoms with E-state index in [-0.39, 0.29) is 0 Å². The summed E-state index contributed by atoms with van der Waals surface area (Å²) in [6.45, 7) is 6.89. The molecule has 2 rings (SSSR count). The van der Waals surface area contributed by atoms with Crippen LogP contribution in [0.4, 0.5) is 0 Å². The van der Waals surface area contributed by atoms with E-state index < -0.39 is 0 Å². The molecule has 140 valence electrons. The fourth-order valence-electron chi connectivity index (χ4n) is 3.70. The minimum atomic E-state index is 0.400. The molecular weight excluding hydrogens is 304 g/mol. The number of benzene rings is 1. The van der Waals surface area contributed by atoms with Gasteiger partial charge in [0, 0.05) is 25.5 Å². The highest BCUT2D eigenvalue weighted by molar-refractivity contribution is 5.21. The summed E-state index contributed by atoms with van der Waals surface area (Å²) in [6.07, 6.45) is 18.6. The lowest BCUT2D eigenvalue weighted by molar-refractivity contribution is 0.150. The maximum atomic E-state index is 2.54. The van der Waals surface area contributed by atoms with Crippen LogP contribution < -0.4 is 0 Å². The lowest BCUT2D eigenvalue weighted by atomic mass is 10.1. The second-order valence-electron chi connectivity index (χ2n) is 7.39. The predicted molar refractivity (Wildman–Crippen MR) is 109 cm³/mol. The van der Waals surface area contributed by atoms with Crippen molar-refractivity contribution >= 4 is 0 Å². The quantitative estimate of drug-likeness (QED) is 0.367. The molecule has 1 aliphatic heterocycles. The molecule has 0 bridgehead atoms. The van der Waals surface area contributed by atoms with E-state index in [0.29, 0.717) is 6.17 Å². The zero-order valence-corrected chi connectivity index (χ0v) is 16.5. The van der Waals surface area contributed by atoms with Crippen LogP contribution in [0.3, 0.4) is 0 Å². The third kappa shape index (κ3) is 6.76. The minimum absolute atomic E-state index is 0.400. The van der Waals surface area contributed by atoms with Gasteiger partial charge in [-0.3, -0.25) is 0 Å². The Morgan fingerprint density at radius 1 is 0.640 bits per heavy atom. The van der Waals surface area contributed by atoms with Gasteiger partial charge in [0.15, 0.2) is 0 Å². The van der Waals surface area contributed by atoms with Crippen molar-refractivity contribution in [2.24, 2.45) is 0 Å². The standard InChI is InChI=1S/C23H38N2/c1-3-5-7-8-9-10-11-15-19-25-21-20-24(18-6-4-2)23(25)22-16-13-12-14-17-22/h12-14,16-17,20-21,23H,3-11,15,18-19H2,1-2H3. The van der Waals surface area contributed by atoms with E-state index in [9.17, 15) is 0 Å². The number of unbranched alkanes of at least 4 members (excludes halogenated alkanes) is 8.